The van der Waals surface area contributed by atoms with Crippen LogP contribution in [-0.2, 0) is 16.1 Å². The highest BCUT2D eigenvalue weighted by Gasteiger charge is 2.16. The zero-order valence-electron chi connectivity index (χ0n) is 16.8. The molecule has 7 nitrogen and oxygen atoms in total. The van der Waals surface area contributed by atoms with Crippen molar-refractivity contribution >= 4 is 23.5 Å². The molecular formula is C23H22N2O5. The highest BCUT2D eigenvalue weighted by molar-refractivity contribution is 6.03. The predicted molar refractivity (Wildman–Crippen MR) is 111 cm³/mol. The van der Waals surface area contributed by atoms with Gasteiger partial charge in [0.1, 0.15) is 0 Å². The van der Waals surface area contributed by atoms with Crippen molar-refractivity contribution in [1.29, 1.82) is 0 Å². The molecule has 0 aliphatic heterocycles. The van der Waals surface area contributed by atoms with Crippen LogP contribution in [0.2, 0.25) is 0 Å². The molecule has 2 amide bonds. The fraction of sp³-hybridized carbons (Fsp3) is 0.174. The Hall–Kier alpha value is -3.87. The van der Waals surface area contributed by atoms with E-state index in [-0.39, 0.29) is 23.8 Å². The highest BCUT2D eigenvalue weighted by atomic mass is 16.5. The van der Waals surface area contributed by atoms with Crippen LogP contribution in [0.15, 0.2) is 71.3 Å². The van der Waals surface area contributed by atoms with Crippen molar-refractivity contribution in [2.75, 3.05) is 19.0 Å². The number of hydrogen-bond acceptors (Lipinski definition) is 5. The number of nitrogens with zero attached hydrogens (tertiary/aromatic N) is 1. The van der Waals surface area contributed by atoms with Crippen molar-refractivity contribution in [1.82, 2.24) is 4.90 Å². The van der Waals surface area contributed by atoms with Crippen LogP contribution in [0.4, 0.5) is 5.69 Å². The molecule has 3 aromatic rings. The van der Waals surface area contributed by atoms with Crippen molar-refractivity contribution in [2.24, 2.45) is 0 Å². The molecule has 154 valence electrons. The summed E-state index contributed by atoms with van der Waals surface area (Å²) in [5.74, 6) is -1.23. The van der Waals surface area contributed by atoms with Gasteiger partial charge in [0.15, 0.2) is 12.4 Å². The van der Waals surface area contributed by atoms with Gasteiger partial charge in [0, 0.05) is 19.3 Å². The lowest BCUT2D eigenvalue weighted by Crippen LogP contribution is -2.30. The van der Waals surface area contributed by atoms with Crippen LogP contribution in [0.1, 0.15) is 32.0 Å². The third-order valence-electron chi connectivity index (χ3n) is 4.48. The van der Waals surface area contributed by atoms with Crippen LogP contribution in [0.25, 0.3) is 0 Å². The number of amides is 2. The first-order valence-electron chi connectivity index (χ1n) is 9.34. The molecule has 30 heavy (non-hydrogen) atoms. The number of anilines is 1. The van der Waals surface area contributed by atoms with Crippen LogP contribution in [0.3, 0.4) is 0 Å². The first-order valence-corrected chi connectivity index (χ1v) is 9.34. The molecule has 0 bridgehead atoms. The lowest BCUT2D eigenvalue weighted by atomic mass is 10.1. The monoisotopic (exact) mass is 406 g/mol. The van der Waals surface area contributed by atoms with E-state index in [1.807, 2.05) is 30.3 Å². The summed E-state index contributed by atoms with van der Waals surface area (Å²) >= 11 is 0. The Balaban J connectivity index is 1.58. The Bertz CT molecular complexity index is 1030. The zero-order valence-corrected chi connectivity index (χ0v) is 16.8. The van der Waals surface area contributed by atoms with Crippen LogP contribution >= 0.6 is 0 Å². The van der Waals surface area contributed by atoms with Gasteiger partial charge in [-0.25, -0.2) is 4.79 Å². The molecule has 0 radical (unpaired) electrons. The summed E-state index contributed by atoms with van der Waals surface area (Å²) in [5, 5.41) is 2.70. The van der Waals surface area contributed by atoms with E-state index in [4.69, 9.17) is 9.15 Å². The van der Waals surface area contributed by atoms with Gasteiger partial charge in [-0.15, -0.1) is 0 Å². The minimum atomic E-state index is -0.648. The van der Waals surface area contributed by atoms with Crippen LogP contribution in [0.5, 0.6) is 0 Å². The fourth-order valence-electron chi connectivity index (χ4n) is 2.74. The van der Waals surface area contributed by atoms with Crippen LogP contribution in [0, 0.1) is 6.92 Å². The summed E-state index contributed by atoms with van der Waals surface area (Å²) < 4.78 is 10.2. The summed E-state index contributed by atoms with van der Waals surface area (Å²) in [4.78, 5) is 38.3. The Morgan fingerprint density at radius 2 is 1.80 bits per heavy atom. The summed E-state index contributed by atoms with van der Waals surface area (Å²) in [7, 11) is 1.65. The molecule has 0 saturated carbocycles. The third kappa shape index (κ3) is 5.35. The smallest absolute Gasteiger partial charge is 0.338 e. The fourth-order valence-corrected chi connectivity index (χ4v) is 2.74. The molecule has 3 rings (SSSR count). The number of carbonyl (C=O) groups excluding carboxylic acids is 3. The summed E-state index contributed by atoms with van der Waals surface area (Å²) in [6, 6.07) is 17.5. The average Bonchev–Trinajstić information content (AvgIpc) is 3.29. The van der Waals surface area contributed by atoms with Crippen molar-refractivity contribution in [3.8, 4) is 0 Å². The summed E-state index contributed by atoms with van der Waals surface area (Å²) in [6.45, 7) is 1.85. The third-order valence-corrected chi connectivity index (χ3v) is 4.48. The van der Waals surface area contributed by atoms with Crippen LogP contribution in [-0.4, -0.2) is 36.3 Å². The number of ether oxygens (including phenoxy) is 1. The molecular weight excluding hydrogens is 384 g/mol. The standard InChI is InChI=1S/C23H22N2O5/c1-16-10-11-18(13-19(16)24-22(27)20-9-6-12-29-20)23(28)30-15-21(26)25(2)14-17-7-4-3-5-8-17/h3-13H,14-15H2,1-2H3,(H,24,27). The van der Waals surface area contributed by atoms with Gasteiger partial charge in [0.2, 0.25) is 0 Å². The van der Waals surface area contributed by atoms with E-state index in [1.165, 1.54) is 17.2 Å². The molecule has 0 aliphatic rings. The van der Waals surface area contributed by atoms with Gasteiger partial charge >= 0.3 is 5.97 Å². The topological polar surface area (TPSA) is 88.9 Å². The molecule has 0 fully saturated rings. The average molecular weight is 406 g/mol. The number of furan rings is 1. The Kier molecular flexibility index (Phi) is 6.64. The van der Waals surface area contributed by atoms with Gasteiger partial charge in [0.25, 0.3) is 11.8 Å². The first-order chi connectivity index (χ1) is 14.4. The number of hydrogen-bond donors (Lipinski definition) is 1. The SMILES string of the molecule is Cc1ccc(C(=O)OCC(=O)N(C)Cc2ccccc2)cc1NC(=O)c1ccco1. The predicted octanol–water partition coefficient (Wildman–Crippen LogP) is 3.66. The van der Waals surface area contributed by atoms with E-state index in [9.17, 15) is 14.4 Å². The van der Waals surface area contributed by atoms with E-state index in [1.54, 1.807) is 38.2 Å². The Morgan fingerprint density at radius 1 is 1.03 bits per heavy atom. The number of benzene rings is 2. The number of rotatable bonds is 7. The van der Waals surface area contributed by atoms with Gasteiger partial charge in [-0.05, 0) is 42.3 Å². The normalized spacial score (nSPS) is 10.3. The Morgan fingerprint density at radius 3 is 2.50 bits per heavy atom. The maximum Gasteiger partial charge on any atom is 0.338 e. The van der Waals surface area contributed by atoms with Gasteiger partial charge in [0.05, 0.1) is 11.8 Å². The highest BCUT2D eigenvalue weighted by Crippen LogP contribution is 2.19. The number of aryl methyl sites for hydroxylation is 1. The summed E-state index contributed by atoms with van der Waals surface area (Å²) in [6.07, 6.45) is 1.40. The van der Waals surface area contributed by atoms with Crippen molar-refractivity contribution in [3.63, 3.8) is 0 Å². The molecule has 2 aromatic carbocycles. The number of nitrogens with one attached hydrogen (secondary N) is 1. The van der Waals surface area contributed by atoms with Gasteiger partial charge in [-0.1, -0.05) is 36.4 Å². The minimum absolute atomic E-state index is 0.162. The maximum absolute atomic E-state index is 12.4. The lowest BCUT2D eigenvalue weighted by molar-refractivity contribution is -0.133. The maximum atomic E-state index is 12.4. The first kappa shape index (κ1) is 20.9. The largest absolute Gasteiger partial charge is 0.459 e. The summed E-state index contributed by atoms with van der Waals surface area (Å²) in [5.41, 5.74) is 2.44. The molecule has 1 heterocycles. The second kappa shape index (κ2) is 9.56. The molecule has 0 unspecified atom stereocenters. The van der Waals surface area contributed by atoms with Crippen molar-refractivity contribution in [3.05, 3.63) is 89.4 Å². The quantitative estimate of drug-likeness (QED) is 0.605. The van der Waals surface area contributed by atoms with Crippen molar-refractivity contribution < 1.29 is 23.5 Å². The molecule has 0 aliphatic carbocycles. The van der Waals surface area contributed by atoms with E-state index in [2.05, 4.69) is 5.32 Å². The van der Waals surface area contributed by atoms with E-state index in [0.717, 1.165) is 11.1 Å². The molecule has 1 aromatic heterocycles. The second-order valence-corrected chi connectivity index (χ2v) is 6.77. The minimum Gasteiger partial charge on any atom is -0.459 e. The van der Waals surface area contributed by atoms with Gasteiger partial charge in [-0.2, -0.15) is 0 Å². The number of carbonyl (C=O) groups is 3. The second-order valence-electron chi connectivity index (χ2n) is 6.77. The van der Waals surface area contributed by atoms with E-state index < -0.39 is 11.9 Å². The molecule has 0 atom stereocenters. The molecule has 7 heteroatoms. The molecule has 0 spiro atoms. The van der Waals surface area contributed by atoms with E-state index >= 15 is 0 Å². The van der Waals surface area contributed by atoms with Crippen molar-refractivity contribution in [2.45, 2.75) is 13.5 Å². The Labute approximate surface area is 174 Å². The zero-order chi connectivity index (χ0) is 21.5. The molecule has 0 saturated heterocycles. The lowest BCUT2D eigenvalue weighted by Gasteiger charge is -2.17. The van der Waals surface area contributed by atoms with Gasteiger partial charge in [-0.3, -0.25) is 9.59 Å². The van der Waals surface area contributed by atoms with Gasteiger partial charge < -0.3 is 19.4 Å². The molecule has 1 N–H and O–H groups in total. The van der Waals surface area contributed by atoms with Crippen LogP contribution < -0.4 is 5.32 Å². The number of likely N-dealkylation sites (N-methyl/N-ethyl adjacent to an activating group) is 1. The number of esters is 1. The van der Waals surface area contributed by atoms with E-state index in [0.29, 0.717) is 12.2 Å².